The Morgan fingerprint density at radius 1 is 0.864 bits per heavy atom. The van der Waals surface area contributed by atoms with Gasteiger partial charge in [-0.15, -0.1) is 0 Å². The number of phenols is 2. The molecule has 0 spiro atoms. The third-order valence-electron chi connectivity index (χ3n) is 3.42. The van der Waals surface area contributed by atoms with Gasteiger partial charge in [0, 0.05) is 12.8 Å². The Kier molecular flexibility index (Phi) is 5.78. The lowest BCUT2D eigenvalue weighted by molar-refractivity contribution is -0.118. The molecule has 0 radical (unpaired) electrons. The van der Waals surface area contributed by atoms with E-state index in [1.54, 1.807) is 24.3 Å². The van der Waals surface area contributed by atoms with E-state index < -0.39 is 0 Å². The summed E-state index contributed by atoms with van der Waals surface area (Å²) >= 11 is 0. The first-order chi connectivity index (χ1) is 10.6. The van der Waals surface area contributed by atoms with Crippen LogP contribution in [0.15, 0.2) is 54.6 Å². The molecular formula is C19H20O3. The van der Waals surface area contributed by atoms with Gasteiger partial charge in [0.05, 0.1) is 0 Å². The molecule has 0 aliphatic rings. The van der Waals surface area contributed by atoms with Crippen LogP contribution >= 0.6 is 0 Å². The first-order valence-corrected chi connectivity index (χ1v) is 7.38. The third kappa shape index (κ3) is 5.44. The highest BCUT2D eigenvalue weighted by molar-refractivity contribution is 5.78. The second-order valence-electron chi connectivity index (χ2n) is 5.24. The van der Waals surface area contributed by atoms with Crippen LogP contribution in [0.5, 0.6) is 11.5 Å². The van der Waals surface area contributed by atoms with Crippen LogP contribution in [0.3, 0.4) is 0 Å². The average Bonchev–Trinajstić information content (AvgIpc) is 2.53. The number of benzene rings is 2. The first-order valence-electron chi connectivity index (χ1n) is 7.38. The summed E-state index contributed by atoms with van der Waals surface area (Å²) in [7, 11) is 0. The highest BCUT2D eigenvalue weighted by atomic mass is 16.3. The van der Waals surface area contributed by atoms with Crippen LogP contribution in [0, 0.1) is 0 Å². The van der Waals surface area contributed by atoms with Crippen molar-refractivity contribution in [3.63, 3.8) is 0 Å². The topological polar surface area (TPSA) is 57.5 Å². The molecule has 2 rings (SSSR count). The van der Waals surface area contributed by atoms with Gasteiger partial charge < -0.3 is 10.2 Å². The Balaban J connectivity index is 1.69. The van der Waals surface area contributed by atoms with E-state index in [0.29, 0.717) is 19.3 Å². The molecule has 2 aromatic carbocycles. The van der Waals surface area contributed by atoms with Gasteiger partial charge in [0.2, 0.25) is 0 Å². The maximum absolute atomic E-state index is 11.8. The number of Topliss-reactive ketones (excluding diaryl/α,β-unsaturated/α-hetero) is 1. The molecule has 0 aliphatic heterocycles. The summed E-state index contributed by atoms with van der Waals surface area (Å²) in [5.41, 5.74) is 2.07. The zero-order valence-corrected chi connectivity index (χ0v) is 12.4. The highest BCUT2D eigenvalue weighted by Crippen LogP contribution is 2.13. The van der Waals surface area contributed by atoms with Crippen LogP contribution in [-0.4, -0.2) is 16.0 Å². The zero-order chi connectivity index (χ0) is 15.8. The normalized spacial score (nSPS) is 10.9. The molecule has 0 fully saturated rings. The summed E-state index contributed by atoms with van der Waals surface area (Å²) in [5, 5.41) is 18.4. The minimum Gasteiger partial charge on any atom is -0.508 e. The van der Waals surface area contributed by atoms with E-state index in [1.165, 1.54) is 0 Å². The fourth-order valence-electron chi connectivity index (χ4n) is 2.12. The number of rotatable bonds is 7. The molecule has 0 saturated carbocycles. The number of allylic oxidation sites excluding steroid dienone is 1. The molecule has 0 amide bonds. The first kappa shape index (κ1) is 15.8. The molecule has 2 N–H and O–H groups in total. The van der Waals surface area contributed by atoms with E-state index in [1.807, 2.05) is 36.4 Å². The van der Waals surface area contributed by atoms with Gasteiger partial charge in [0.25, 0.3) is 0 Å². The SMILES string of the molecule is O=C(CCC=Cc1ccc(O)cc1)CCc1ccc(O)cc1. The van der Waals surface area contributed by atoms with Crippen LogP contribution < -0.4 is 0 Å². The van der Waals surface area contributed by atoms with Crippen molar-refractivity contribution in [3.05, 3.63) is 65.7 Å². The second kappa shape index (κ2) is 8.03. The van der Waals surface area contributed by atoms with Crippen LogP contribution in [-0.2, 0) is 11.2 Å². The monoisotopic (exact) mass is 296 g/mol. The molecule has 114 valence electrons. The number of aromatic hydroxyl groups is 2. The predicted molar refractivity (Wildman–Crippen MR) is 87.8 cm³/mol. The number of phenolic OH excluding ortho intramolecular Hbond substituents is 2. The minimum absolute atomic E-state index is 0.239. The lowest BCUT2D eigenvalue weighted by atomic mass is 10.0. The smallest absolute Gasteiger partial charge is 0.133 e. The Morgan fingerprint density at radius 3 is 2.09 bits per heavy atom. The van der Waals surface area contributed by atoms with Crippen LogP contribution in [0.4, 0.5) is 0 Å². The molecule has 2 aromatic rings. The van der Waals surface area contributed by atoms with E-state index in [0.717, 1.165) is 17.5 Å². The molecule has 0 aliphatic carbocycles. The minimum atomic E-state index is 0.239. The maximum atomic E-state index is 11.8. The molecule has 0 unspecified atom stereocenters. The molecular weight excluding hydrogens is 276 g/mol. The highest BCUT2D eigenvalue weighted by Gasteiger charge is 2.02. The standard InChI is InChI=1S/C19H20O3/c20-17(10-7-16-8-13-19(22)14-9-16)4-2-1-3-15-5-11-18(21)12-6-15/h1,3,5-6,8-9,11-14,21-22H,2,4,7,10H2. The van der Waals surface area contributed by atoms with Crippen LogP contribution in [0.25, 0.3) is 6.08 Å². The van der Waals surface area contributed by atoms with Gasteiger partial charge in [-0.1, -0.05) is 36.4 Å². The van der Waals surface area contributed by atoms with Crippen molar-refractivity contribution >= 4 is 11.9 Å². The van der Waals surface area contributed by atoms with Crippen molar-refractivity contribution < 1.29 is 15.0 Å². The zero-order valence-electron chi connectivity index (χ0n) is 12.4. The Hall–Kier alpha value is -2.55. The van der Waals surface area contributed by atoms with Gasteiger partial charge in [-0.3, -0.25) is 4.79 Å². The Bertz CT molecular complexity index is 625. The van der Waals surface area contributed by atoms with E-state index >= 15 is 0 Å². The van der Waals surface area contributed by atoms with Gasteiger partial charge >= 0.3 is 0 Å². The van der Waals surface area contributed by atoms with Crippen molar-refractivity contribution in [2.24, 2.45) is 0 Å². The Labute approximate surface area is 130 Å². The Morgan fingerprint density at radius 2 is 1.45 bits per heavy atom. The summed E-state index contributed by atoms with van der Waals surface area (Å²) in [4.78, 5) is 11.8. The van der Waals surface area contributed by atoms with E-state index in [-0.39, 0.29) is 17.3 Å². The number of ketones is 1. The maximum Gasteiger partial charge on any atom is 0.133 e. The lowest BCUT2D eigenvalue weighted by Crippen LogP contribution is -1.99. The second-order valence-corrected chi connectivity index (χ2v) is 5.24. The van der Waals surface area contributed by atoms with Gasteiger partial charge in [0.1, 0.15) is 17.3 Å². The number of hydrogen-bond acceptors (Lipinski definition) is 3. The summed E-state index contributed by atoms with van der Waals surface area (Å²) in [5.74, 6) is 0.736. The molecule has 0 bridgehead atoms. The summed E-state index contributed by atoms with van der Waals surface area (Å²) in [6.07, 6.45) is 6.41. The number of hydrogen-bond donors (Lipinski definition) is 2. The average molecular weight is 296 g/mol. The summed E-state index contributed by atoms with van der Waals surface area (Å²) < 4.78 is 0. The third-order valence-corrected chi connectivity index (χ3v) is 3.42. The molecule has 22 heavy (non-hydrogen) atoms. The quantitative estimate of drug-likeness (QED) is 0.809. The molecule has 3 heteroatoms. The number of aryl methyl sites for hydroxylation is 1. The van der Waals surface area contributed by atoms with Crippen molar-refractivity contribution in [1.29, 1.82) is 0 Å². The van der Waals surface area contributed by atoms with Crippen LogP contribution in [0.2, 0.25) is 0 Å². The van der Waals surface area contributed by atoms with Crippen molar-refractivity contribution in [3.8, 4) is 11.5 Å². The molecule has 0 saturated heterocycles. The van der Waals surface area contributed by atoms with E-state index in [9.17, 15) is 15.0 Å². The number of carbonyl (C=O) groups is 1. The number of carbonyl (C=O) groups excluding carboxylic acids is 1. The molecule has 0 atom stereocenters. The van der Waals surface area contributed by atoms with Crippen molar-refractivity contribution in [1.82, 2.24) is 0 Å². The lowest BCUT2D eigenvalue weighted by Gasteiger charge is -2.01. The fourth-order valence-corrected chi connectivity index (χ4v) is 2.12. The summed E-state index contributed by atoms with van der Waals surface area (Å²) in [6.45, 7) is 0. The molecule has 0 heterocycles. The van der Waals surface area contributed by atoms with Gasteiger partial charge in [-0.05, 0) is 48.2 Å². The van der Waals surface area contributed by atoms with Crippen molar-refractivity contribution in [2.45, 2.75) is 25.7 Å². The fraction of sp³-hybridized carbons (Fsp3) is 0.211. The van der Waals surface area contributed by atoms with E-state index in [4.69, 9.17) is 0 Å². The van der Waals surface area contributed by atoms with Crippen molar-refractivity contribution in [2.75, 3.05) is 0 Å². The van der Waals surface area contributed by atoms with Gasteiger partial charge in [-0.25, -0.2) is 0 Å². The molecule has 0 aromatic heterocycles. The van der Waals surface area contributed by atoms with E-state index in [2.05, 4.69) is 0 Å². The molecule has 3 nitrogen and oxygen atoms in total. The predicted octanol–water partition coefficient (Wildman–Crippen LogP) is 4.09. The summed E-state index contributed by atoms with van der Waals surface area (Å²) in [6, 6.07) is 13.9. The van der Waals surface area contributed by atoms with Gasteiger partial charge in [0.15, 0.2) is 0 Å². The van der Waals surface area contributed by atoms with Crippen LogP contribution in [0.1, 0.15) is 30.4 Å². The van der Waals surface area contributed by atoms with Gasteiger partial charge in [-0.2, -0.15) is 0 Å². The largest absolute Gasteiger partial charge is 0.508 e.